The Labute approximate surface area is 562 Å². The first kappa shape index (κ1) is 68.8. The van der Waals surface area contributed by atoms with Crippen LogP contribution in [0.5, 0.6) is 11.5 Å². The number of ether oxygens (including phenoxy) is 2. The second kappa shape index (κ2) is 24.3. The molecule has 490 valence electrons. The molecule has 0 atom stereocenters. The summed E-state index contributed by atoms with van der Waals surface area (Å²) in [6.45, 7) is 54.2. The summed E-state index contributed by atoms with van der Waals surface area (Å²) in [5.41, 5.74) is 18.4. The summed E-state index contributed by atoms with van der Waals surface area (Å²) in [5, 5.41) is 38.8. The maximum absolute atomic E-state index is 13.0. The minimum Gasteiger partial charge on any atom is -0.488 e. The predicted octanol–water partition coefficient (Wildman–Crippen LogP) is 23.0. The third-order valence-electron chi connectivity index (χ3n) is 19.0. The number of benzene rings is 8. The second-order valence-electron chi connectivity index (χ2n) is 35.3. The van der Waals surface area contributed by atoms with Gasteiger partial charge in [0.15, 0.2) is 11.5 Å². The van der Waals surface area contributed by atoms with Gasteiger partial charge in [-0.1, -0.05) is 189 Å². The minimum atomic E-state index is -1.15. The molecular weight excluding hydrogens is 1150 g/mol. The van der Waals surface area contributed by atoms with Crippen molar-refractivity contribution in [3.63, 3.8) is 0 Å². The van der Waals surface area contributed by atoms with Gasteiger partial charge >= 0.3 is 0 Å². The lowest BCUT2D eigenvalue weighted by Gasteiger charge is -2.34. The van der Waals surface area contributed by atoms with Crippen molar-refractivity contribution in [1.29, 1.82) is 10.5 Å². The molecule has 7 nitrogen and oxygen atoms in total. The van der Waals surface area contributed by atoms with E-state index in [9.17, 15) is 15.6 Å². The summed E-state index contributed by atoms with van der Waals surface area (Å²) in [6.07, 6.45) is 0.638. The van der Waals surface area contributed by atoms with Crippen molar-refractivity contribution in [3.05, 3.63) is 189 Å². The highest BCUT2D eigenvalue weighted by atomic mass is 16.5. The van der Waals surface area contributed by atoms with E-state index in [1.165, 1.54) is 22.3 Å². The molecule has 10 rings (SSSR count). The smallest absolute Gasteiger partial charge is 0.151 e. The van der Waals surface area contributed by atoms with Gasteiger partial charge in [-0.05, 0) is 223 Å². The van der Waals surface area contributed by atoms with E-state index in [2.05, 4.69) is 283 Å². The number of nitrogens with zero attached hydrogens (tertiary/aromatic N) is 4. The van der Waals surface area contributed by atoms with Gasteiger partial charge < -0.3 is 23.7 Å². The summed E-state index contributed by atoms with van der Waals surface area (Å²) in [7, 11) is 0. The molecule has 2 aromatic heterocycles. The van der Waals surface area contributed by atoms with Crippen molar-refractivity contribution in [2.45, 2.75) is 218 Å². The van der Waals surface area contributed by atoms with Crippen LogP contribution in [-0.2, 0) is 32.5 Å². The number of fused-ring (bicyclic) bond motifs is 6. The standard InChI is InChI=1S/C87H104N4O3/c1-53-33-55(47-88)37-57(35-53)66-43-63(86(21,22)51-80(3,4)5)45-76(90-72-29-25-59(82(9,10)11)39-68(72)69-40-60(83(12,13)14)26-30-73(69)90)78(66)93-49-65(92)50-94-79-67(58-36-54(2)34-56(38-58)48-89)44-64(87(23,24)52-81(6,7)8)46-77(79)91-74-31-27-61(84(15,16)17)41-70(74)71-42-62(85(18,19)20)28-32-75(71)91/h25-46,65,92H,49-52H2,1-24H3. The average molecular weight is 1250 g/mol. The summed E-state index contributed by atoms with van der Waals surface area (Å²) in [4.78, 5) is 0. The zero-order valence-corrected chi connectivity index (χ0v) is 61.2. The molecule has 2 heterocycles. The van der Waals surface area contributed by atoms with E-state index in [-0.39, 0.29) is 56.5 Å². The van der Waals surface area contributed by atoms with Crippen LogP contribution in [-0.4, -0.2) is 33.6 Å². The maximum Gasteiger partial charge on any atom is 0.151 e. The van der Waals surface area contributed by atoms with Crippen molar-refractivity contribution in [2.24, 2.45) is 10.8 Å². The van der Waals surface area contributed by atoms with E-state index in [0.717, 1.165) is 112 Å². The Hall–Kier alpha value is -8.10. The van der Waals surface area contributed by atoms with Crippen LogP contribution < -0.4 is 9.47 Å². The topological polar surface area (TPSA) is 96.1 Å². The molecule has 0 saturated heterocycles. The largest absolute Gasteiger partial charge is 0.488 e. The van der Waals surface area contributed by atoms with Crippen molar-refractivity contribution >= 4 is 43.6 Å². The highest BCUT2D eigenvalue weighted by molar-refractivity contribution is 6.11. The van der Waals surface area contributed by atoms with Gasteiger partial charge in [-0.3, -0.25) is 0 Å². The number of aryl methyl sites for hydroxylation is 2. The first-order valence-corrected chi connectivity index (χ1v) is 34.0. The van der Waals surface area contributed by atoms with Crippen LogP contribution in [0.4, 0.5) is 0 Å². The van der Waals surface area contributed by atoms with E-state index < -0.39 is 6.10 Å². The zero-order valence-electron chi connectivity index (χ0n) is 61.2. The second-order valence-corrected chi connectivity index (χ2v) is 35.3. The Balaban J connectivity index is 1.22. The molecule has 7 heteroatoms. The summed E-state index contributed by atoms with van der Waals surface area (Å²) in [6, 6.07) is 53.8. The van der Waals surface area contributed by atoms with Crippen LogP contribution in [0.15, 0.2) is 133 Å². The van der Waals surface area contributed by atoms with Crippen LogP contribution >= 0.6 is 0 Å². The van der Waals surface area contributed by atoms with Crippen molar-refractivity contribution in [3.8, 4) is 57.3 Å². The van der Waals surface area contributed by atoms with Gasteiger partial charge in [0.2, 0.25) is 0 Å². The number of nitriles is 2. The van der Waals surface area contributed by atoms with Crippen LogP contribution in [0.1, 0.15) is 221 Å². The first-order chi connectivity index (χ1) is 43.4. The Kier molecular flexibility index (Phi) is 17.8. The van der Waals surface area contributed by atoms with E-state index in [1.54, 1.807) is 0 Å². The SMILES string of the molecule is Cc1cc(C#N)cc(-c2cc(C(C)(C)CC(C)(C)C)cc(-n3c4ccc(C(C)(C)C)cc4c4cc(C(C)(C)C)ccc43)c2OCC(O)COc2c(-c3cc(C)cc(C#N)c3)cc(C(C)(C)CC(C)(C)C)cc2-n2c3ccc(C(C)(C)C)cc3c3cc(C(C)(C)C)ccc32)c1. The molecule has 0 radical (unpaired) electrons. The fourth-order valence-electron chi connectivity index (χ4n) is 14.8. The monoisotopic (exact) mass is 1250 g/mol. The third-order valence-corrected chi connectivity index (χ3v) is 19.0. The van der Waals surface area contributed by atoms with E-state index in [1.807, 2.05) is 38.1 Å². The average Bonchev–Trinajstić information content (AvgIpc) is 1.53. The Morgan fingerprint density at radius 3 is 0.915 bits per heavy atom. The number of hydrogen-bond acceptors (Lipinski definition) is 5. The Bertz CT molecular complexity index is 4230. The van der Waals surface area contributed by atoms with Crippen molar-refractivity contribution in [1.82, 2.24) is 9.13 Å². The molecule has 0 fully saturated rings. The minimum absolute atomic E-state index is 0.00681. The molecular formula is C87H104N4O3. The van der Waals surface area contributed by atoms with Gasteiger partial charge in [0.25, 0.3) is 0 Å². The van der Waals surface area contributed by atoms with Crippen LogP contribution in [0.2, 0.25) is 0 Å². The fourth-order valence-corrected chi connectivity index (χ4v) is 14.8. The molecule has 8 aromatic carbocycles. The lowest BCUT2D eigenvalue weighted by atomic mass is 9.71. The number of rotatable bonds is 14. The molecule has 0 unspecified atom stereocenters. The maximum atomic E-state index is 13.0. The fraction of sp³-hybridized carbons (Fsp3) is 0.425. The lowest BCUT2D eigenvalue weighted by molar-refractivity contribution is 0.0630. The number of aliphatic hydroxyl groups is 1. The van der Waals surface area contributed by atoms with Gasteiger partial charge in [-0.15, -0.1) is 0 Å². The third kappa shape index (κ3) is 14.1. The van der Waals surface area contributed by atoms with E-state index in [4.69, 9.17) is 9.47 Å². The molecule has 0 aliphatic rings. The quantitative estimate of drug-likeness (QED) is 0.117. The molecule has 0 saturated carbocycles. The number of aromatic nitrogens is 2. The van der Waals surface area contributed by atoms with Gasteiger partial charge in [-0.25, -0.2) is 0 Å². The predicted molar refractivity (Wildman–Crippen MR) is 397 cm³/mol. The Morgan fingerprint density at radius 2 is 0.660 bits per heavy atom. The van der Waals surface area contributed by atoms with Crippen molar-refractivity contribution < 1.29 is 14.6 Å². The molecule has 0 aliphatic heterocycles. The summed E-state index contributed by atoms with van der Waals surface area (Å²) < 4.78 is 19.6. The lowest BCUT2D eigenvalue weighted by Crippen LogP contribution is -2.27. The van der Waals surface area contributed by atoms with Crippen LogP contribution in [0.3, 0.4) is 0 Å². The molecule has 0 spiro atoms. The van der Waals surface area contributed by atoms with Gasteiger partial charge in [0, 0.05) is 32.7 Å². The molecule has 94 heavy (non-hydrogen) atoms. The Morgan fingerprint density at radius 1 is 0.372 bits per heavy atom. The zero-order chi connectivity index (χ0) is 69.0. The highest BCUT2D eigenvalue weighted by Crippen LogP contribution is 2.50. The summed E-state index contributed by atoms with van der Waals surface area (Å²) >= 11 is 0. The molecule has 1 N–H and O–H groups in total. The van der Waals surface area contributed by atoms with E-state index >= 15 is 0 Å². The number of hydrogen-bond donors (Lipinski definition) is 1. The van der Waals surface area contributed by atoms with Gasteiger partial charge in [0.05, 0.1) is 56.7 Å². The van der Waals surface area contributed by atoms with Crippen molar-refractivity contribution in [2.75, 3.05) is 13.2 Å². The highest BCUT2D eigenvalue weighted by Gasteiger charge is 2.35. The molecule has 0 bridgehead atoms. The normalized spacial score (nSPS) is 13.2. The molecule has 0 aliphatic carbocycles. The van der Waals surface area contributed by atoms with Gasteiger partial charge in [0.1, 0.15) is 19.3 Å². The summed E-state index contributed by atoms with van der Waals surface area (Å²) in [5.74, 6) is 1.18. The first-order valence-electron chi connectivity index (χ1n) is 34.0. The van der Waals surface area contributed by atoms with Gasteiger partial charge in [-0.2, -0.15) is 10.5 Å². The van der Waals surface area contributed by atoms with E-state index in [0.29, 0.717) is 22.6 Å². The molecule has 0 amide bonds. The molecule has 10 aromatic rings. The number of aliphatic hydroxyl groups excluding tert-OH is 1. The van der Waals surface area contributed by atoms with Crippen LogP contribution in [0.25, 0.3) is 77.2 Å². The van der Waals surface area contributed by atoms with Crippen LogP contribution in [0, 0.1) is 47.3 Å².